The van der Waals surface area contributed by atoms with Gasteiger partial charge in [0.05, 0.1) is 16.8 Å². The molecule has 0 saturated carbocycles. The third kappa shape index (κ3) is 3.35. The third-order valence-corrected chi connectivity index (χ3v) is 7.01. The summed E-state index contributed by atoms with van der Waals surface area (Å²) in [7, 11) is -3.46. The fourth-order valence-electron chi connectivity index (χ4n) is 3.66. The molecule has 1 aromatic heterocycles. The molecule has 2 aromatic rings. The van der Waals surface area contributed by atoms with Crippen molar-refractivity contribution in [2.45, 2.75) is 37.5 Å². The van der Waals surface area contributed by atoms with Crippen LogP contribution >= 0.6 is 0 Å². The molecule has 2 aliphatic heterocycles. The van der Waals surface area contributed by atoms with Gasteiger partial charge in [0.15, 0.2) is 0 Å². The van der Waals surface area contributed by atoms with Crippen molar-refractivity contribution in [2.75, 3.05) is 24.5 Å². The van der Waals surface area contributed by atoms with E-state index in [0.29, 0.717) is 30.2 Å². The van der Waals surface area contributed by atoms with Gasteiger partial charge in [-0.05, 0) is 56.4 Å². The first kappa shape index (κ1) is 18.1. The average Bonchev–Trinajstić information content (AvgIpc) is 3.23. The lowest BCUT2D eigenvalue weighted by atomic mass is 10.0. The van der Waals surface area contributed by atoms with Crippen molar-refractivity contribution in [1.29, 1.82) is 0 Å². The number of sulfonamides is 1. The lowest BCUT2D eigenvalue weighted by Gasteiger charge is -2.30. The molecule has 1 fully saturated rings. The normalized spacial score (nSPS) is 17.7. The van der Waals surface area contributed by atoms with Gasteiger partial charge in [0.1, 0.15) is 5.69 Å². The maximum absolute atomic E-state index is 12.9. The Morgan fingerprint density at radius 3 is 2.52 bits per heavy atom. The number of aromatic nitrogens is 2. The molecule has 8 heteroatoms. The highest BCUT2D eigenvalue weighted by Crippen LogP contribution is 2.32. The smallest absolute Gasteiger partial charge is 0.278 e. The molecule has 27 heavy (non-hydrogen) atoms. The summed E-state index contributed by atoms with van der Waals surface area (Å²) in [5.74, 6) is -0.210. The molecule has 0 atom stereocenters. The third-order valence-electron chi connectivity index (χ3n) is 5.12. The molecule has 0 bridgehead atoms. The van der Waals surface area contributed by atoms with Crippen LogP contribution in [-0.2, 0) is 16.4 Å². The Kier molecular flexibility index (Phi) is 4.69. The summed E-state index contributed by atoms with van der Waals surface area (Å²) in [6, 6.07) is 5.08. The highest BCUT2D eigenvalue weighted by molar-refractivity contribution is 7.89. The minimum Gasteiger partial charge on any atom is -0.307 e. The van der Waals surface area contributed by atoms with Crippen LogP contribution in [0.1, 0.15) is 41.0 Å². The van der Waals surface area contributed by atoms with Gasteiger partial charge in [-0.25, -0.2) is 13.4 Å². The zero-order valence-electron chi connectivity index (χ0n) is 15.3. The fourth-order valence-corrected chi connectivity index (χ4v) is 5.23. The Hall–Kier alpha value is -2.32. The first-order valence-electron chi connectivity index (χ1n) is 9.20. The molecule has 0 unspecified atom stereocenters. The van der Waals surface area contributed by atoms with E-state index in [0.717, 1.165) is 42.6 Å². The van der Waals surface area contributed by atoms with E-state index < -0.39 is 10.0 Å². The number of carbonyl (C=O) groups excluding carboxylic acids is 1. The number of hydrogen-bond donors (Lipinski definition) is 0. The summed E-state index contributed by atoms with van der Waals surface area (Å²) in [6.07, 6.45) is 6.41. The highest BCUT2D eigenvalue weighted by atomic mass is 32.2. The minimum absolute atomic E-state index is 0.210. The summed E-state index contributed by atoms with van der Waals surface area (Å²) >= 11 is 0. The van der Waals surface area contributed by atoms with E-state index >= 15 is 0 Å². The van der Waals surface area contributed by atoms with E-state index in [2.05, 4.69) is 9.97 Å². The molecule has 7 nitrogen and oxygen atoms in total. The molecule has 0 aliphatic carbocycles. The Balaban J connectivity index is 1.66. The fraction of sp³-hybridized carbons (Fsp3) is 0.421. The van der Waals surface area contributed by atoms with Crippen LogP contribution in [0, 0.1) is 6.92 Å². The average molecular weight is 386 g/mol. The number of carbonyl (C=O) groups is 1. The van der Waals surface area contributed by atoms with E-state index in [-0.39, 0.29) is 5.91 Å². The van der Waals surface area contributed by atoms with Crippen LogP contribution in [0.3, 0.4) is 0 Å². The van der Waals surface area contributed by atoms with Crippen molar-refractivity contribution < 1.29 is 13.2 Å². The van der Waals surface area contributed by atoms with Gasteiger partial charge in [-0.2, -0.15) is 4.31 Å². The second kappa shape index (κ2) is 7.01. The van der Waals surface area contributed by atoms with Crippen LogP contribution in [0.25, 0.3) is 0 Å². The van der Waals surface area contributed by atoms with Crippen molar-refractivity contribution in [2.24, 2.45) is 0 Å². The van der Waals surface area contributed by atoms with Gasteiger partial charge in [-0.1, -0.05) is 0 Å². The molecular weight excluding hydrogens is 364 g/mol. The second-order valence-electron chi connectivity index (χ2n) is 7.01. The molecule has 0 spiro atoms. The van der Waals surface area contributed by atoms with E-state index in [1.54, 1.807) is 33.6 Å². The summed E-state index contributed by atoms with van der Waals surface area (Å²) in [6.45, 7) is 3.56. The van der Waals surface area contributed by atoms with Gasteiger partial charge in [0.2, 0.25) is 10.0 Å². The van der Waals surface area contributed by atoms with Gasteiger partial charge in [0, 0.05) is 31.5 Å². The van der Waals surface area contributed by atoms with Gasteiger partial charge >= 0.3 is 0 Å². The molecule has 4 rings (SSSR count). The van der Waals surface area contributed by atoms with Crippen LogP contribution in [0.15, 0.2) is 35.5 Å². The zero-order chi connectivity index (χ0) is 19.0. The summed E-state index contributed by atoms with van der Waals surface area (Å²) in [4.78, 5) is 23.2. The first-order chi connectivity index (χ1) is 13.0. The Morgan fingerprint density at radius 1 is 1.04 bits per heavy atom. The Morgan fingerprint density at radius 2 is 1.81 bits per heavy atom. The van der Waals surface area contributed by atoms with E-state index in [9.17, 15) is 13.2 Å². The van der Waals surface area contributed by atoms with Crippen molar-refractivity contribution in [3.63, 3.8) is 0 Å². The van der Waals surface area contributed by atoms with Gasteiger partial charge < -0.3 is 4.90 Å². The quantitative estimate of drug-likeness (QED) is 0.807. The Labute approximate surface area is 159 Å². The van der Waals surface area contributed by atoms with Crippen LogP contribution < -0.4 is 4.90 Å². The SMILES string of the molecule is Cc1cnc(C(=O)N2CCCc3cc(S(=O)(=O)N4CCCC4)ccc32)cn1. The predicted octanol–water partition coefficient (Wildman–Crippen LogP) is 2.16. The summed E-state index contributed by atoms with van der Waals surface area (Å²) in [5, 5.41) is 0. The zero-order valence-corrected chi connectivity index (χ0v) is 16.1. The number of aryl methyl sites for hydroxylation is 2. The molecule has 3 heterocycles. The van der Waals surface area contributed by atoms with Gasteiger partial charge in [0.25, 0.3) is 5.91 Å². The van der Waals surface area contributed by atoms with Crippen LogP contribution in [-0.4, -0.2) is 48.2 Å². The topological polar surface area (TPSA) is 83.5 Å². The molecule has 2 aliphatic rings. The largest absolute Gasteiger partial charge is 0.307 e. The number of hydrogen-bond acceptors (Lipinski definition) is 5. The monoisotopic (exact) mass is 386 g/mol. The number of anilines is 1. The standard InChI is InChI=1S/C19H22N4O3S/c1-14-12-21-17(13-20-14)19(24)23-10-4-5-15-11-16(6-7-18(15)23)27(25,26)22-8-2-3-9-22/h6-7,11-13H,2-5,8-10H2,1H3. The van der Waals surface area contributed by atoms with Crippen molar-refractivity contribution in [3.8, 4) is 0 Å². The first-order valence-corrected chi connectivity index (χ1v) is 10.6. The van der Waals surface area contributed by atoms with E-state index in [1.807, 2.05) is 6.92 Å². The van der Waals surface area contributed by atoms with Crippen LogP contribution in [0.5, 0.6) is 0 Å². The maximum Gasteiger partial charge on any atom is 0.278 e. The van der Waals surface area contributed by atoms with E-state index in [4.69, 9.17) is 0 Å². The molecular formula is C19H22N4O3S. The number of rotatable bonds is 3. The molecule has 0 N–H and O–H groups in total. The van der Waals surface area contributed by atoms with E-state index in [1.165, 1.54) is 6.20 Å². The second-order valence-corrected chi connectivity index (χ2v) is 8.94. The van der Waals surface area contributed by atoms with Crippen molar-refractivity contribution in [1.82, 2.24) is 14.3 Å². The molecule has 0 radical (unpaired) electrons. The van der Waals surface area contributed by atoms with Crippen molar-refractivity contribution >= 4 is 21.6 Å². The molecule has 1 saturated heterocycles. The minimum atomic E-state index is -3.46. The number of benzene rings is 1. The van der Waals surface area contributed by atoms with Crippen molar-refractivity contribution in [3.05, 3.63) is 47.5 Å². The number of nitrogens with zero attached hydrogens (tertiary/aromatic N) is 4. The molecule has 142 valence electrons. The van der Waals surface area contributed by atoms with Gasteiger partial charge in [-0.3, -0.25) is 9.78 Å². The maximum atomic E-state index is 12.9. The number of fused-ring (bicyclic) bond motifs is 1. The number of amides is 1. The lowest BCUT2D eigenvalue weighted by Crippen LogP contribution is -2.36. The summed E-state index contributed by atoms with van der Waals surface area (Å²) < 4.78 is 27.2. The van der Waals surface area contributed by atoms with Crippen LogP contribution in [0.2, 0.25) is 0 Å². The lowest BCUT2D eigenvalue weighted by molar-refractivity contribution is 0.0980. The summed E-state index contributed by atoms with van der Waals surface area (Å²) in [5.41, 5.74) is 2.69. The molecule has 1 aromatic carbocycles. The predicted molar refractivity (Wildman–Crippen MR) is 101 cm³/mol. The van der Waals surface area contributed by atoms with Gasteiger partial charge in [-0.15, -0.1) is 0 Å². The van der Waals surface area contributed by atoms with Crippen LogP contribution in [0.4, 0.5) is 5.69 Å². The highest BCUT2D eigenvalue weighted by Gasteiger charge is 2.30. The Bertz CT molecular complexity index is 967. The molecule has 1 amide bonds.